The summed E-state index contributed by atoms with van der Waals surface area (Å²) in [7, 11) is 3.71. The highest BCUT2D eigenvalue weighted by Crippen LogP contribution is 2.04. The minimum atomic E-state index is 0.707. The third-order valence-electron chi connectivity index (χ3n) is 3.33. The predicted octanol–water partition coefficient (Wildman–Crippen LogP) is 1.59. The number of guanidine groups is 1. The van der Waals surface area contributed by atoms with Gasteiger partial charge in [-0.3, -0.25) is 9.67 Å². The van der Waals surface area contributed by atoms with Crippen LogP contribution in [0.5, 0.6) is 0 Å². The van der Waals surface area contributed by atoms with Crippen molar-refractivity contribution in [2.45, 2.75) is 13.0 Å². The molecule has 0 radical (unpaired) electrons. The standard InChI is InChI=1S/C16H24N6/c1-17-16(20-13-15-9-12-21-22(15)2)19-11-6-10-18-14-7-4-3-5-8-14/h3-5,7-9,12,18H,6,10-11,13H2,1-2H3,(H2,17,19,20). The molecule has 0 unspecified atom stereocenters. The molecule has 118 valence electrons. The molecule has 0 aliphatic carbocycles. The molecule has 2 aromatic rings. The number of hydrogen-bond acceptors (Lipinski definition) is 3. The molecule has 0 aliphatic heterocycles. The van der Waals surface area contributed by atoms with E-state index in [9.17, 15) is 0 Å². The summed E-state index contributed by atoms with van der Waals surface area (Å²) in [6.07, 6.45) is 2.81. The molecule has 6 heteroatoms. The highest BCUT2D eigenvalue weighted by molar-refractivity contribution is 5.79. The Bertz CT molecular complexity index is 575. The van der Waals surface area contributed by atoms with Crippen LogP contribution in [0.1, 0.15) is 12.1 Å². The summed E-state index contributed by atoms with van der Waals surface area (Å²) in [6.45, 7) is 2.50. The Hall–Kier alpha value is -2.50. The van der Waals surface area contributed by atoms with E-state index in [1.807, 2.05) is 36.0 Å². The van der Waals surface area contributed by atoms with E-state index in [-0.39, 0.29) is 0 Å². The fourth-order valence-corrected chi connectivity index (χ4v) is 2.05. The van der Waals surface area contributed by atoms with Gasteiger partial charge in [-0.1, -0.05) is 18.2 Å². The monoisotopic (exact) mass is 300 g/mol. The molecule has 0 saturated carbocycles. The van der Waals surface area contributed by atoms with Crippen LogP contribution in [-0.4, -0.2) is 35.9 Å². The molecular formula is C16H24N6. The molecule has 0 bridgehead atoms. The van der Waals surface area contributed by atoms with E-state index in [4.69, 9.17) is 0 Å². The van der Waals surface area contributed by atoms with Crippen LogP contribution in [-0.2, 0) is 13.6 Å². The van der Waals surface area contributed by atoms with Crippen molar-refractivity contribution in [1.29, 1.82) is 0 Å². The van der Waals surface area contributed by atoms with Crippen LogP contribution in [0.15, 0.2) is 47.6 Å². The van der Waals surface area contributed by atoms with E-state index < -0.39 is 0 Å². The topological polar surface area (TPSA) is 66.3 Å². The van der Waals surface area contributed by atoms with Crippen molar-refractivity contribution < 1.29 is 0 Å². The first-order chi connectivity index (χ1) is 10.8. The number of benzene rings is 1. The molecule has 1 aromatic carbocycles. The van der Waals surface area contributed by atoms with Gasteiger partial charge in [0.2, 0.25) is 0 Å². The Morgan fingerprint density at radius 1 is 1.14 bits per heavy atom. The second-order valence-electron chi connectivity index (χ2n) is 4.95. The Kier molecular flexibility index (Phi) is 6.29. The molecular weight excluding hydrogens is 276 g/mol. The summed E-state index contributed by atoms with van der Waals surface area (Å²) < 4.78 is 1.85. The lowest BCUT2D eigenvalue weighted by Gasteiger charge is -2.12. The molecule has 0 saturated heterocycles. The van der Waals surface area contributed by atoms with Gasteiger partial charge in [-0.25, -0.2) is 0 Å². The van der Waals surface area contributed by atoms with Crippen LogP contribution >= 0.6 is 0 Å². The maximum absolute atomic E-state index is 4.22. The summed E-state index contributed by atoms with van der Waals surface area (Å²) in [6, 6.07) is 12.2. The van der Waals surface area contributed by atoms with E-state index in [0.29, 0.717) is 6.54 Å². The molecule has 2 rings (SSSR count). The van der Waals surface area contributed by atoms with Gasteiger partial charge in [0.25, 0.3) is 0 Å². The fourth-order valence-electron chi connectivity index (χ4n) is 2.05. The molecule has 0 spiro atoms. The zero-order valence-corrected chi connectivity index (χ0v) is 13.2. The highest BCUT2D eigenvalue weighted by atomic mass is 15.3. The number of anilines is 1. The average molecular weight is 300 g/mol. The van der Waals surface area contributed by atoms with Gasteiger partial charge in [-0.05, 0) is 24.6 Å². The van der Waals surface area contributed by atoms with Crippen molar-refractivity contribution in [2.24, 2.45) is 12.0 Å². The lowest BCUT2D eigenvalue weighted by Crippen LogP contribution is -2.38. The van der Waals surface area contributed by atoms with Gasteiger partial charge < -0.3 is 16.0 Å². The van der Waals surface area contributed by atoms with Crippen molar-refractivity contribution in [2.75, 3.05) is 25.5 Å². The minimum absolute atomic E-state index is 0.707. The number of nitrogens with one attached hydrogen (secondary N) is 3. The van der Waals surface area contributed by atoms with Gasteiger partial charge in [-0.15, -0.1) is 0 Å². The molecule has 0 fully saturated rings. The first kappa shape index (κ1) is 15.9. The van der Waals surface area contributed by atoms with Crippen molar-refractivity contribution in [3.63, 3.8) is 0 Å². The Morgan fingerprint density at radius 2 is 1.95 bits per heavy atom. The van der Waals surface area contributed by atoms with Crippen molar-refractivity contribution in [3.05, 3.63) is 48.3 Å². The number of aromatic nitrogens is 2. The van der Waals surface area contributed by atoms with Crippen LogP contribution in [0.2, 0.25) is 0 Å². The smallest absolute Gasteiger partial charge is 0.191 e. The van der Waals surface area contributed by atoms with E-state index in [1.54, 1.807) is 13.2 Å². The largest absolute Gasteiger partial charge is 0.385 e. The van der Waals surface area contributed by atoms with Gasteiger partial charge in [0.1, 0.15) is 0 Å². The second-order valence-corrected chi connectivity index (χ2v) is 4.95. The van der Waals surface area contributed by atoms with E-state index >= 15 is 0 Å². The van der Waals surface area contributed by atoms with Crippen molar-refractivity contribution in [1.82, 2.24) is 20.4 Å². The Labute approximate surface area is 131 Å². The average Bonchev–Trinajstić information content (AvgIpc) is 2.96. The highest BCUT2D eigenvalue weighted by Gasteiger charge is 2.00. The van der Waals surface area contributed by atoms with Gasteiger partial charge in [0.15, 0.2) is 5.96 Å². The lowest BCUT2D eigenvalue weighted by atomic mass is 10.3. The van der Waals surface area contributed by atoms with E-state index in [2.05, 4.69) is 38.2 Å². The second kappa shape index (κ2) is 8.71. The van der Waals surface area contributed by atoms with Gasteiger partial charge in [-0.2, -0.15) is 5.10 Å². The normalized spacial score (nSPS) is 11.3. The third kappa shape index (κ3) is 5.12. The van der Waals surface area contributed by atoms with Crippen LogP contribution in [0.4, 0.5) is 5.69 Å². The molecule has 0 aliphatic rings. The van der Waals surface area contributed by atoms with Gasteiger partial charge in [0, 0.05) is 39.1 Å². The Morgan fingerprint density at radius 3 is 2.64 bits per heavy atom. The van der Waals surface area contributed by atoms with Crippen LogP contribution in [0.3, 0.4) is 0 Å². The zero-order valence-electron chi connectivity index (χ0n) is 13.2. The molecule has 0 atom stereocenters. The predicted molar refractivity (Wildman–Crippen MR) is 91.0 cm³/mol. The van der Waals surface area contributed by atoms with Crippen LogP contribution < -0.4 is 16.0 Å². The van der Waals surface area contributed by atoms with Crippen molar-refractivity contribution in [3.8, 4) is 0 Å². The number of aliphatic imine (C=N–C) groups is 1. The van der Waals surface area contributed by atoms with Crippen LogP contribution in [0, 0.1) is 0 Å². The molecule has 6 nitrogen and oxygen atoms in total. The zero-order chi connectivity index (χ0) is 15.6. The summed E-state index contributed by atoms with van der Waals surface area (Å²) in [5, 5.41) is 14.1. The maximum Gasteiger partial charge on any atom is 0.191 e. The molecule has 1 heterocycles. The SMILES string of the molecule is CN=C(NCCCNc1ccccc1)NCc1ccnn1C. The maximum atomic E-state index is 4.22. The quantitative estimate of drug-likeness (QED) is 0.413. The number of hydrogen-bond donors (Lipinski definition) is 3. The number of aryl methyl sites for hydroxylation is 1. The van der Waals surface area contributed by atoms with Gasteiger partial charge >= 0.3 is 0 Å². The summed E-state index contributed by atoms with van der Waals surface area (Å²) in [5.41, 5.74) is 2.27. The lowest BCUT2D eigenvalue weighted by molar-refractivity contribution is 0.682. The molecule has 22 heavy (non-hydrogen) atoms. The number of nitrogens with zero attached hydrogens (tertiary/aromatic N) is 3. The first-order valence-electron chi connectivity index (χ1n) is 7.50. The summed E-state index contributed by atoms with van der Waals surface area (Å²) in [4.78, 5) is 4.22. The molecule has 3 N–H and O–H groups in total. The minimum Gasteiger partial charge on any atom is -0.385 e. The Balaban J connectivity index is 1.61. The molecule has 1 aromatic heterocycles. The van der Waals surface area contributed by atoms with E-state index in [1.165, 1.54) is 0 Å². The summed E-state index contributed by atoms with van der Waals surface area (Å²) in [5.74, 6) is 0.806. The van der Waals surface area contributed by atoms with Crippen molar-refractivity contribution >= 4 is 11.6 Å². The van der Waals surface area contributed by atoms with Gasteiger partial charge in [0.05, 0.1) is 12.2 Å². The summed E-state index contributed by atoms with van der Waals surface area (Å²) >= 11 is 0. The first-order valence-corrected chi connectivity index (χ1v) is 7.50. The van der Waals surface area contributed by atoms with E-state index in [0.717, 1.165) is 36.9 Å². The number of rotatable bonds is 7. The third-order valence-corrected chi connectivity index (χ3v) is 3.33. The fraction of sp³-hybridized carbons (Fsp3) is 0.375. The van der Waals surface area contributed by atoms with Crippen LogP contribution in [0.25, 0.3) is 0 Å². The number of para-hydroxylation sites is 1. The molecule has 0 amide bonds.